The van der Waals surface area contributed by atoms with E-state index < -0.39 is 12.1 Å². The van der Waals surface area contributed by atoms with E-state index in [1.807, 2.05) is 0 Å². The van der Waals surface area contributed by atoms with Gasteiger partial charge in [-0.3, -0.25) is 4.99 Å². The number of nitrogens with one attached hydrogen (secondary N) is 2. The highest BCUT2D eigenvalue weighted by Gasteiger charge is 2.42. The summed E-state index contributed by atoms with van der Waals surface area (Å²) < 4.78 is 57.4. The van der Waals surface area contributed by atoms with Crippen molar-refractivity contribution in [2.24, 2.45) is 10.9 Å². The molecule has 26 heavy (non-hydrogen) atoms. The van der Waals surface area contributed by atoms with Crippen molar-refractivity contribution in [3.63, 3.8) is 0 Å². The Hall–Kier alpha value is -1.83. The van der Waals surface area contributed by atoms with Gasteiger partial charge in [0.25, 0.3) is 0 Å². The predicted octanol–water partition coefficient (Wildman–Crippen LogP) is 3.76. The summed E-state index contributed by atoms with van der Waals surface area (Å²) in [6.07, 6.45) is -2.69. The zero-order valence-electron chi connectivity index (χ0n) is 15.0. The van der Waals surface area contributed by atoms with Gasteiger partial charge >= 0.3 is 6.18 Å². The summed E-state index contributed by atoms with van der Waals surface area (Å²) in [4.78, 5) is 4.08. The van der Waals surface area contributed by atoms with Gasteiger partial charge in [0.2, 0.25) is 0 Å². The molecular formula is C18H25F4N3O. The molecule has 2 atom stereocenters. The molecule has 1 aliphatic carbocycles. The minimum absolute atomic E-state index is 0.0543. The van der Waals surface area contributed by atoms with Gasteiger partial charge in [0.15, 0.2) is 5.96 Å². The fourth-order valence-corrected chi connectivity index (χ4v) is 3.20. The molecule has 146 valence electrons. The van der Waals surface area contributed by atoms with Crippen LogP contribution in [0.2, 0.25) is 0 Å². The molecule has 0 saturated heterocycles. The zero-order chi connectivity index (χ0) is 19.2. The molecule has 0 radical (unpaired) electrons. The van der Waals surface area contributed by atoms with E-state index in [1.165, 1.54) is 13.2 Å². The smallest absolute Gasteiger partial charge is 0.380 e. The number of halogens is 4. The monoisotopic (exact) mass is 375 g/mol. The normalized spacial score (nSPS) is 21.5. The first-order valence-corrected chi connectivity index (χ1v) is 8.63. The number of aliphatic imine (C=N–C) groups is 1. The topological polar surface area (TPSA) is 45.7 Å². The molecule has 2 unspecified atom stereocenters. The largest absolute Gasteiger partial charge is 0.391 e. The summed E-state index contributed by atoms with van der Waals surface area (Å²) in [5.41, 5.74) is 1.29. The van der Waals surface area contributed by atoms with E-state index in [-0.39, 0.29) is 31.3 Å². The van der Waals surface area contributed by atoms with Crippen molar-refractivity contribution >= 4 is 5.96 Å². The Morgan fingerprint density at radius 1 is 1.31 bits per heavy atom. The van der Waals surface area contributed by atoms with Gasteiger partial charge in [-0.15, -0.1) is 0 Å². The van der Waals surface area contributed by atoms with Crippen molar-refractivity contribution in [2.45, 2.75) is 51.1 Å². The van der Waals surface area contributed by atoms with Crippen LogP contribution in [0, 0.1) is 11.7 Å². The first kappa shape index (κ1) is 20.5. The SMILES string of the molecule is CN=C(NCc1ccc(F)c(COC)c1)NC1CCCC(C(F)(F)F)C1. The number of methoxy groups -OCH3 is 1. The molecule has 1 fully saturated rings. The average molecular weight is 375 g/mol. The van der Waals surface area contributed by atoms with Crippen molar-refractivity contribution in [1.29, 1.82) is 0 Å². The van der Waals surface area contributed by atoms with Gasteiger partial charge in [-0.1, -0.05) is 12.5 Å². The van der Waals surface area contributed by atoms with Crippen molar-refractivity contribution in [2.75, 3.05) is 14.2 Å². The van der Waals surface area contributed by atoms with Crippen LogP contribution in [0.1, 0.15) is 36.8 Å². The van der Waals surface area contributed by atoms with E-state index in [1.54, 1.807) is 19.2 Å². The molecule has 4 nitrogen and oxygen atoms in total. The summed E-state index contributed by atoms with van der Waals surface area (Å²) >= 11 is 0. The molecule has 0 bridgehead atoms. The summed E-state index contributed by atoms with van der Waals surface area (Å²) in [6.45, 7) is 0.555. The fraction of sp³-hybridized carbons (Fsp3) is 0.611. The average Bonchev–Trinajstić information content (AvgIpc) is 2.60. The van der Waals surface area contributed by atoms with Gasteiger partial charge in [0.1, 0.15) is 5.82 Å². The lowest BCUT2D eigenvalue weighted by Gasteiger charge is -2.31. The summed E-state index contributed by atoms with van der Waals surface area (Å²) in [6, 6.07) is 4.45. The summed E-state index contributed by atoms with van der Waals surface area (Å²) in [5.74, 6) is -1.16. The molecule has 1 saturated carbocycles. The van der Waals surface area contributed by atoms with E-state index in [9.17, 15) is 17.6 Å². The second-order valence-electron chi connectivity index (χ2n) is 6.53. The Bertz CT molecular complexity index is 619. The van der Waals surface area contributed by atoms with E-state index >= 15 is 0 Å². The van der Waals surface area contributed by atoms with E-state index in [0.29, 0.717) is 30.9 Å². The number of guanidine groups is 1. The van der Waals surface area contributed by atoms with Crippen molar-refractivity contribution in [3.8, 4) is 0 Å². The lowest BCUT2D eigenvalue weighted by Crippen LogP contribution is -2.46. The molecule has 0 aromatic heterocycles. The highest BCUT2D eigenvalue weighted by atomic mass is 19.4. The lowest BCUT2D eigenvalue weighted by molar-refractivity contribution is -0.183. The summed E-state index contributed by atoms with van der Waals surface area (Å²) in [7, 11) is 3.06. The quantitative estimate of drug-likeness (QED) is 0.468. The van der Waals surface area contributed by atoms with E-state index in [0.717, 1.165) is 5.56 Å². The van der Waals surface area contributed by atoms with Gasteiger partial charge in [-0.05, 0) is 37.0 Å². The molecule has 8 heteroatoms. The Morgan fingerprint density at radius 3 is 2.73 bits per heavy atom. The number of rotatable bonds is 5. The van der Waals surface area contributed by atoms with Crippen LogP contribution in [-0.4, -0.2) is 32.3 Å². The molecule has 1 aliphatic rings. The molecule has 0 heterocycles. The number of alkyl halides is 3. The van der Waals surface area contributed by atoms with Crippen LogP contribution in [0.15, 0.2) is 23.2 Å². The summed E-state index contributed by atoms with van der Waals surface area (Å²) in [5, 5.41) is 6.14. The molecule has 1 aromatic rings. The van der Waals surface area contributed by atoms with Gasteiger partial charge < -0.3 is 15.4 Å². The maximum atomic E-state index is 13.6. The first-order valence-electron chi connectivity index (χ1n) is 8.63. The minimum atomic E-state index is -4.15. The lowest BCUT2D eigenvalue weighted by atomic mass is 9.85. The van der Waals surface area contributed by atoms with Crippen molar-refractivity contribution < 1.29 is 22.3 Å². The van der Waals surface area contributed by atoms with Crippen LogP contribution in [0.3, 0.4) is 0 Å². The van der Waals surface area contributed by atoms with Crippen molar-refractivity contribution in [3.05, 3.63) is 35.1 Å². The van der Waals surface area contributed by atoms with Gasteiger partial charge in [0.05, 0.1) is 12.5 Å². The fourth-order valence-electron chi connectivity index (χ4n) is 3.20. The van der Waals surface area contributed by atoms with Crippen LogP contribution in [-0.2, 0) is 17.9 Å². The molecule has 0 amide bonds. The molecular weight excluding hydrogens is 350 g/mol. The van der Waals surface area contributed by atoms with Gasteiger partial charge in [-0.2, -0.15) is 13.2 Å². The number of ether oxygens (including phenoxy) is 1. The third kappa shape index (κ3) is 5.86. The number of hydrogen-bond donors (Lipinski definition) is 2. The van der Waals surface area contributed by atoms with Crippen LogP contribution in [0.5, 0.6) is 0 Å². The second kappa shape index (κ2) is 9.21. The van der Waals surface area contributed by atoms with Crippen LogP contribution >= 0.6 is 0 Å². The number of nitrogens with zero attached hydrogens (tertiary/aromatic N) is 1. The maximum Gasteiger partial charge on any atom is 0.391 e. The molecule has 2 rings (SSSR count). The zero-order valence-corrected chi connectivity index (χ0v) is 15.0. The molecule has 2 N–H and O–H groups in total. The maximum absolute atomic E-state index is 13.6. The molecule has 1 aromatic carbocycles. The van der Waals surface area contributed by atoms with Gasteiger partial charge in [0, 0.05) is 32.3 Å². The minimum Gasteiger partial charge on any atom is -0.380 e. The number of benzene rings is 1. The Labute approximate surface area is 151 Å². The van der Waals surface area contributed by atoms with Crippen LogP contribution < -0.4 is 10.6 Å². The highest BCUT2D eigenvalue weighted by Crippen LogP contribution is 2.37. The molecule has 0 spiro atoms. The predicted molar refractivity (Wildman–Crippen MR) is 92.2 cm³/mol. The first-order chi connectivity index (χ1) is 12.3. The second-order valence-corrected chi connectivity index (χ2v) is 6.53. The van der Waals surface area contributed by atoms with Gasteiger partial charge in [-0.25, -0.2) is 4.39 Å². The Kier molecular flexibility index (Phi) is 7.25. The Morgan fingerprint density at radius 2 is 2.08 bits per heavy atom. The highest BCUT2D eigenvalue weighted by molar-refractivity contribution is 5.79. The van der Waals surface area contributed by atoms with E-state index in [4.69, 9.17) is 4.74 Å². The van der Waals surface area contributed by atoms with E-state index in [2.05, 4.69) is 15.6 Å². The van der Waals surface area contributed by atoms with Crippen LogP contribution in [0.25, 0.3) is 0 Å². The Balaban J connectivity index is 1.91. The third-order valence-corrected chi connectivity index (χ3v) is 4.57. The van der Waals surface area contributed by atoms with Crippen LogP contribution in [0.4, 0.5) is 17.6 Å². The number of hydrogen-bond acceptors (Lipinski definition) is 2. The standard InChI is InChI=1S/C18H25F4N3O/c1-23-17(25-15-5-3-4-14(9-15)18(20,21)22)24-10-12-6-7-16(19)13(8-12)11-26-2/h6-8,14-15H,3-5,9-11H2,1-2H3,(H2,23,24,25). The van der Waals surface area contributed by atoms with Crippen molar-refractivity contribution in [1.82, 2.24) is 10.6 Å². The molecule has 0 aliphatic heterocycles. The third-order valence-electron chi connectivity index (χ3n) is 4.57.